The number of hydrogen-bond acceptors (Lipinski definition) is 3. The van der Waals surface area contributed by atoms with Crippen LogP contribution < -0.4 is 5.32 Å². The predicted octanol–water partition coefficient (Wildman–Crippen LogP) is 3.91. The Morgan fingerprint density at radius 3 is 2.82 bits per heavy atom. The van der Waals surface area contributed by atoms with Gasteiger partial charge in [0, 0.05) is 32.8 Å². The van der Waals surface area contributed by atoms with E-state index < -0.39 is 0 Å². The molecule has 1 atom stereocenters. The zero-order valence-corrected chi connectivity index (χ0v) is 17.0. The minimum atomic E-state index is 0.144. The van der Waals surface area contributed by atoms with Gasteiger partial charge in [0.15, 0.2) is 0 Å². The van der Waals surface area contributed by atoms with Crippen molar-refractivity contribution in [1.29, 1.82) is 0 Å². The normalized spacial score (nSPS) is 19.7. The smallest absolute Gasteiger partial charge is 0.227 e. The monoisotopic (exact) mass is 380 g/mol. The van der Waals surface area contributed by atoms with Crippen molar-refractivity contribution in [3.63, 3.8) is 0 Å². The summed E-state index contributed by atoms with van der Waals surface area (Å²) < 4.78 is 5.23. The molecule has 0 spiro atoms. The van der Waals surface area contributed by atoms with Crippen LogP contribution in [0.1, 0.15) is 43.2 Å². The van der Waals surface area contributed by atoms with Crippen molar-refractivity contribution in [3.8, 4) is 0 Å². The fourth-order valence-electron chi connectivity index (χ4n) is 4.41. The minimum absolute atomic E-state index is 0.144. The molecule has 1 aliphatic heterocycles. The Morgan fingerprint density at radius 2 is 2.07 bits per heavy atom. The van der Waals surface area contributed by atoms with Crippen molar-refractivity contribution >= 4 is 16.7 Å². The maximum atomic E-state index is 13.3. The van der Waals surface area contributed by atoms with E-state index in [-0.39, 0.29) is 5.92 Å². The number of piperidine rings is 1. The van der Waals surface area contributed by atoms with Crippen LogP contribution in [-0.4, -0.2) is 43.7 Å². The Balaban J connectivity index is 1.59. The maximum absolute atomic E-state index is 13.3. The molecule has 2 aromatic carbocycles. The first-order valence-corrected chi connectivity index (χ1v) is 10.8. The number of rotatable bonds is 8. The van der Waals surface area contributed by atoms with E-state index in [4.69, 9.17) is 4.74 Å². The molecule has 0 radical (unpaired) electrons. The van der Waals surface area contributed by atoms with Gasteiger partial charge >= 0.3 is 0 Å². The topological polar surface area (TPSA) is 41.6 Å². The van der Waals surface area contributed by atoms with Gasteiger partial charge in [0.25, 0.3) is 0 Å². The van der Waals surface area contributed by atoms with Crippen LogP contribution in [0.3, 0.4) is 0 Å². The summed E-state index contributed by atoms with van der Waals surface area (Å²) in [6, 6.07) is 13.6. The first-order valence-electron chi connectivity index (χ1n) is 10.8. The molecular formula is C24H32N2O2. The second-order valence-corrected chi connectivity index (χ2v) is 8.31. The maximum Gasteiger partial charge on any atom is 0.227 e. The highest BCUT2D eigenvalue weighted by atomic mass is 16.5. The summed E-state index contributed by atoms with van der Waals surface area (Å²) in [6.07, 6.45) is 6.46. The largest absolute Gasteiger partial charge is 0.385 e. The number of carbonyl (C=O) groups excluding carboxylic acids is 1. The lowest BCUT2D eigenvalue weighted by Crippen LogP contribution is -2.43. The summed E-state index contributed by atoms with van der Waals surface area (Å²) >= 11 is 0. The number of carbonyl (C=O) groups is 1. The van der Waals surface area contributed by atoms with Crippen molar-refractivity contribution < 1.29 is 9.53 Å². The molecule has 4 heteroatoms. The van der Waals surface area contributed by atoms with Crippen LogP contribution in [0, 0.1) is 5.92 Å². The van der Waals surface area contributed by atoms with Crippen LogP contribution in [0.4, 0.5) is 0 Å². The van der Waals surface area contributed by atoms with E-state index in [1.807, 2.05) is 0 Å². The Morgan fingerprint density at radius 1 is 1.21 bits per heavy atom. The third kappa shape index (κ3) is 4.56. The number of benzene rings is 2. The van der Waals surface area contributed by atoms with Crippen LogP contribution in [0.15, 0.2) is 36.4 Å². The minimum Gasteiger partial charge on any atom is -0.385 e. The lowest BCUT2D eigenvalue weighted by Gasteiger charge is -2.30. The molecule has 2 fully saturated rings. The molecular weight excluding hydrogens is 348 g/mol. The molecule has 150 valence electrons. The van der Waals surface area contributed by atoms with E-state index in [1.54, 1.807) is 7.11 Å². The Kier molecular flexibility index (Phi) is 6.28. The summed E-state index contributed by atoms with van der Waals surface area (Å²) in [5.74, 6) is 0.495. The zero-order chi connectivity index (χ0) is 19.3. The van der Waals surface area contributed by atoms with E-state index in [2.05, 4.69) is 46.6 Å². The van der Waals surface area contributed by atoms with Gasteiger partial charge in [-0.25, -0.2) is 0 Å². The molecule has 2 aromatic rings. The fraction of sp³-hybridized carbons (Fsp3) is 0.542. The Hall–Kier alpha value is -1.91. The number of amides is 1. The third-order valence-corrected chi connectivity index (χ3v) is 6.08. The zero-order valence-electron chi connectivity index (χ0n) is 17.0. The molecule has 1 amide bonds. The van der Waals surface area contributed by atoms with Crippen molar-refractivity contribution in [2.24, 2.45) is 5.92 Å². The summed E-state index contributed by atoms with van der Waals surface area (Å²) in [4.78, 5) is 15.5. The van der Waals surface area contributed by atoms with Gasteiger partial charge < -0.3 is 15.0 Å². The first-order chi connectivity index (χ1) is 13.8. The van der Waals surface area contributed by atoms with Gasteiger partial charge in [-0.15, -0.1) is 0 Å². The Bertz CT molecular complexity index is 809. The molecule has 1 saturated carbocycles. The van der Waals surface area contributed by atoms with Crippen LogP contribution in [0.2, 0.25) is 0 Å². The van der Waals surface area contributed by atoms with E-state index in [0.717, 1.165) is 64.8 Å². The van der Waals surface area contributed by atoms with Crippen LogP contribution >= 0.6 is 0 Å². The van der Waals surface area contributed by atoms with E-state index >= 15 is 0 Å². The summed E-state index contributed by atoms with van der Waals surface area (Å²) in [5, 5.41) is 5.95. The molecule has 1 heterocycles. The number of nitrogens with one attached hydrogen (secondary N) is 1. The van der Waals surface area contributed by atoms with Crippen LogP contribution in [0.5, 0.6) is 0 Å². The van der Waals surface area contributed by atoms with Gasteiger partial charge in [-0.1, -0.05) is 36.4 Å². The van der Waals surface area contributed by atoms with E-state index in [1.165, 1.54) is 21.9 Å². The molecule has 28 heavy (non-hydrogen) atoms. The predicted molar refractivity (Wildman–Crippen MR) is 113 cm³/mol. The third-order valence-electron chi connectivity index (χ3n) is 6.08. The van der Waals surface area contributed by atoms with Crippen molar-refractivity contribution in [2.45, 2.75) is 51.1 Å². The van der Waals surface area contributed by atoms with E-state index in [9.17, 15) is 4.79 Å². The molecule has 2 aliphatic rings. The summed E-state index contributed by atoms with van der Waals surface area (Å²) in [5.41, 5.74) is 2.63. The highest BCUT2D eigenvalue weighted by Gasteiger charge is 2.36. The highest BCUT2D eigenvalue weighted by Crippen LogP contribution is 2.32. The number of ether oxygens (including phenoxy) is 1. The second-order valence-electron chi connectivity index (χ2n) is 8.31. The lowest BCUT2D eigenvalue weighted by molar-refractivity contribution is -0.137. The van der Waals surface area contributed by atoms with Crippen molar-refractivity contribution in [3.05, 3.63) is 47.5 Å². The van der Waals surface area contributed by atoms with Gasteiger partial charge in [0.1, 0.15) is 0 Å². The summed E-state index contributed by atoms with van der Waals surface area (Å²) in [7, 11) is 1.76. The second kappa shape index (κ2) is 9.06. The van der Waals surface area contributed by atoms with Crippen LogP contribution in [0.25, 0.3) is 10.8 Å². The van der Waals surface area contributed by atoms with E-state index in [0.29, 0.717) is 11.9 Å². The molecule has 4 rings (SSSR count). The number of fused-ring (bicyclic) bond motifs is 1. The van der Waals surface area contributed by atoms with Crippen molar-refractivity contribution in [1.82, 2.24) is 10.2 Å². The van der Waals surface area contributed by atoms with Gasteiger partial charge in [-0.2, -0.15) is 0 Å². The number of aryl methyl sites for hydroxylation is 1. The number of nitrogens with zero attached hydrogens (tertiary/aromatic N) is 1. The molecule has 1 saturated heterocycles. The SMILES string of the molecule is COCCCc1cc(CN(C(=O)C2CCCNC2)C2CC2)c2ccccc2c1. The molecule has 1 N–H and O–H groups in total. The standard InChI is InChI=1S/C24H32N2O2/c1-28-13-5-6-18-14-19-7-2-3-9-23(19)21(15-18)17-26(22-10-11-22)24(27)20-8-4-12-25-16-20/h2-3,7,9,14-15,20,22,25H,4-6,8,10-13,16-17H2,1H3. The average Bonchev–Trinajstić information content (AvgIpc) is 3.57. The summed E-state index contributed by atoms with van der Waals surface area (Å²) in [6.45, 7) is 3.39. The molecule has 1 unspecified atom stereocenters. The molecule has 0 bridgehead atoms. The quantitative estimate of drug-likeness (QED) is 0.706. The molecule has 4 nitrogen and oxygen atoms in total. The number of hydrogen-bond donors (Lipinski definition) is 1. The fourth-order valence-corrected chi connectivity index (χ4v) is 4.41. The lowest BCUT2D eigenvalue weighted by atomic mass is 9.96. The van der Waals surface area contributed by atoms with Gasteiger partial charge in [-0.05, 0) is 67.0 Å². The van der Waals surface area contributed by atoms with Gasteiger partial charge in [-0.3, -0.25) is 4.79 Å². The number of methoxy groups -OCH3 is 1. The molecule has 0 aromatic heterocycles. The van der Waals surface area contributed by atoms with Crippen molar-refractivity contribution in [2.75, 3.05) is 26.8 Å². The van der Waals surface area contributed by atoms with Gasteiger partial charge in [0.2, 0.25) is 5.91 Å². The van der Waals surface area contributed by atoms with Gasteiger partial charge in [0.05, 0.1) is 5.92 Å². The highest BCUT2D eigenvalue weighted by molar-refractivity contribution is 5.87. The molecule has 1 aliphatic carbocycles. The van der Waals surface area contributed by atoms with Crippen LogP contribution in [-0.2, 0) is 22.5 Å². The Labute approximate surface area is 168 Å². The average molecular weight is 381 g/mol. The first kappa shape index (κ1) is 19.4.